The Hall–Kier alpha value is -3.76. The predicted molar refractivity (Wildman–Crippen MR) is 130 cm³/mol. The topological polar surface area (TPSA) is 113 Å². The number of hydrogen-bond acceptors (Lipinski definition) is 6. The first-order valence-corrected chi connectivity index (χ1v) is 12.5. The first-order valence-electron chi connectivity index (χ1n) is 11.1. The zero-order valence-electron chi connectivity index (χ0n) is 19.1. The number of sulfonamides is 1. The number of rotatable bonds is 6. The Bertz CT molecular complexity index is 1380. The fraction of sp³-hybridized carbons (Fsp3) is 0.240. The third kappa shape index (κ3) is 5.67. The number of benzene rings is 3. The second-order valence-electron chi connectivity index (χ2n) is 8.13. The summed E-state index contributed by atoms with van der Waals surface area (Å²) in [5.41, 5.74) is 0.650. The minimum Gasteiger partial charge on any atom is -0.452 e. The quantitative estimate of drug-likeness (QED) is 0.526. The maximum absolute atomic E-state index is 13.1. The van der Waals surface area contributed by atoms with Gasteiger partial charge in [0.2, 0.25) is 15.9 Å². The van der Waals surface area contributed by atoms with Crippen LogP contribution in [0.4, 0.5) is 5.69 Å². The van der Waals surface area contributed by atoms with Crippen LogP contribution in [-0.4, -0.2) is 68.2 Å². The van der Waals surface area contributed by atoms with Crippen molar-refractivity contribution in [2.75, 3.05) is 38.1 Å². The van der Waals surface area contributed by atoms with Gasteiger partial charge in [-0.2, -0.15) is 4.31 Å². The van der Waals surface area contributed by atoms with E-state index in [-0.39, 0.29) is 42.5 Å². The first-order chi connectivity index (χ1) is 16.7. The molecule has 0 aliphatic carbocycles. The number of hydrogen-bond donors (Lipinski definition) is 1. The van der Waals surface area contributed by atoms with Gasteiger partial charge in [-0.3, -0.25) is 9.59 Å². The summed E-state index contributed by atoms with van der Waals surface area (Å²) < 4.78 is 32.7. The molecule has 1 saturated heterocycles. The molecule has 0 radical (unpaired) electrons. The molecule has 1 aliphatic rings. The van der Waals surface area contributed by atoms with Crippen molar-refractivity contribution in [1.29, 1.82) is 0 Å². The number of amides is 2. The van der Waals surface area contributed by atoms with Gasteiger partial charge in [0.05, 0.1) is 10.5 Å². The van der Waals surface area contributed by atoms with Gasteiger partial charge in [0.1, 0.15) is 0 Å². The molecule has 0 saturated carbocycles. The Morgan fingerprint density at radius 2 is 1.60 bits per heavy atom. The molecule has 0 spiro atoms. The lowest BCUT2D eigenvalue weighted by Crippen LogP contribution is -2.51. The molecule has 4 rings (SSSR count). The average Bonchev–Trinajstić information content (AvgIpc) is 2.86. The second kappa shape index (κ2) is 10.2. The zero-order valence-corrected chi connectivity index (χ0v) is 20.0. The number of piperazine rings is 1. The van der Waals surface area contributed by atoms with Crippen molar-refractivity contribution >= 4 is 44.3 Å². The van der Waals surface area contributed by atoms with Crippen molar-refractivity contribution < 1.29 is 27.5 Å². The van der Waals surface area contributed by atoms with Crippen molar-refractivity contribution in [3.8, 4) is 0 Å². The molecular weight excluding hydrogens is 470 g/mol. The second-order valence-corrected chi connectivity index (χ2v) is 10.1. The summed E-state index contributed by atoms with van der Waals surface area (Å²) in [7, 11) is -3.70. The van der Waals surface area contributed by atoms with Gasteiger partial charge in [0, 0.05) is 38.8 Å². The Morgan fingerprint density at radius 3 is 2.31 bits per heavy atom. The summed E-state index contributed by atoms with van der Waals surface area (Å²) in [6.07, 6.45) is 0. The van der Waals surface area contributed by atoms with Crippen LogP contribution in [0, 0.1) is 0 Å². The number of ether oxygens (including phenoxy) is 1. The van der Waals surface area contributed by atoms with Gasteiger partial charge in [-0.15, -0.1) is 0 Å². The standard InChI is InChI=1S/C25H25N3O6S/c1-18(29)26-22-8-4-7-21(15-22)25(31)34-17-24(30)27-11-13-28(14-12-27)35(32,33)23-10-9-19-5-2-3-6-20(19)16-23/h2-10,15-16H,11-14,17H2,1H3,(H,26,29). The first kappa shape index (κ1) is 24.4. The van der Waals surface area contributed by atoms with E-state index in [2.05, 4.69) is 5.32 Å². The largest absolute Gasteiger partial charge is 0.452 e. The van der Waals surface area contributed by atoms with Gasteiger partial charge in [0.25, 0.3) is 5.91 Å². The van der Waals surface area contributed by atoms with E-state index in [0.29, 0.717) is 5.69 Å². The molecule has 3 aromatic carbocycles. The van der Waals surface area contributed by atoms with Crippen LogP contribution >= 0.6 is 0 Å². The molecule has 2 amide bonds. The number of carbonyl (C=O) groups is 3. The normalized spacial score (nSPS) is 14.5. The van der Waals surface area contributed by atoms with Gasteiger partial charge in [-0.25, -0.2) is 13.2 Å². The van der Waals surface area contributed by atoms with Crippen molar-refractivity contribution in [2.24, 2.45) is 0 Å². The Labute approximate surface area is 203 Å². The van der Waals surface area contributed by atoms with Gasteiger partial charge in [-0.05, 0) is 41.1 Å². The number of nitrogens with zero attached hydrogens (tertiary/aromatic N) is 2. The van der Waals surface area contributed by atoms with Crippen LogP contribution in [0.2, 0.25) is 0 Å². The third-order valence-corrected chi connectivity index (χ3v) is 7.59. The van der Waals surface area contributed by atoms with E-state index in [4.69, 9.17) is 4.74 Å². The summed E-state index contributed by atoms with van der Waals surface area (Å²) in [6, 6.07) is 18.8. The molecule has 0 aromatic heterocycles. The summed E-state index contributed by atoms with van der Waals surface area (Å²) in [4.78, 5) is 37.7. The van der Waals surface area contributed by atoms with Crippen molar-refractivity contribution in [2.45, 2.75) is 11.8 Å². The number of carbonyl (C=O) groups excluding carboxylic acids is 3. The fourth-order valence-corrected chi connectivity index (χ4v) is 5.34. The van der Waals surface area contributed by atoms with E-state index in [1.54, 1.807) is 30.3 Å². The molecule has 0 bridgehead atoms. The highest BCUT2D eigenvalue weighted by molar-refractivity contribution is 7.89. The third-order valence-electron chi connectivity index (χ3n) is 5.70. The molecule has 9 nitrogen and oxygen atoms in total. The Kier molecular flexibility index (Phi) is 7.13. The zero-order chi connectivity index (χ0) is 25.0. The molecule has 0 unspecified atom stereocenters. The molecular formula is C25H25N3O6S. The number of esters is 1. The Morgan fingerprint density at radius 1 is 0.886 bits per heavy atom. The lowest BCUT2D eigenvalue weighted by Gasteiger charge is -2.33. The molecule has 1 aliphatic heterocycles. The van der Waals surface area contributed by atoms with Crippen LogP contribution in [0.1, 0.15) is 17.3 Å². The highest BCUT2D eigenvalue weighted by Gasteiger charge is 2.30. The molecule has 35 heavy (non-hydrogen) atoms. The highest BCUT2D eigenvalue weighted by atomic mass is 32.2. The lowest BCUT2D eigenvalue weighted by molar-refractivity contribution is -0.135. The number of nitrogens with one attached hydrogen (secondary N) is 1. The SMILES string of the molecule is CC(=O)Nc1cccc(C(=O)OCC(=O)N2CCN(S(=O)(=O)c3ccc4ccccc4c3)CC2)c1. The van der Waals surface area contributed by atoms with Crippen LogP contribution in [0.15, 0.2) is 71.6 Å². The predicted octanol–water partition coefficient (Wildman–Crippen LogP) is 2.49. The van der Waals surface area contributed by atoms with Crippen LogP contribution in [0.3, 0.4) is 0 Å². The monoisotopic (exact) mass is 495 g/mol. The highest BCUT2D eigenvalue weighted by Crippen LogP contribution is 2.23. The van der Waals surface area contributed by atoms with Crippen molar-refractivity contribution in [3.05, 3.63) is 72.3 Å². The van der Waals surface area contributed by atoms with Crippen molar-refractivity contribution in [1.82, 2.24) is 9.21 Å². The molecule has 1 fully saturated rings. The van der Waals surface area contributed by atoms with Gasteiger partial charge in [0.15, 0.2) is 6.61 Å². The van der Waals surface area contributed by atoms with Crippen molar-refractivity contribution in [3.63, 3.8) is 0 Å². The maximum Gasteiger partial charge on any atom is 0.338 e. The molecule has 182 valence electrons. The molecule has 1 heterocycles. The van der Waals surface area contributed by atoms with E-state index < -0.39 is 28.5 Å². The number of fused-ring (bicyclic) bond motifs is 1. The number of anilines is 1. The maximum atomic E-state index is 13.1. The van der Waals surface area contributed by atoms with E-state index in [0.717, 1.165) is 10.8 Å². The summed E-state index contributed by atoms with van der Waals surface area (Å²) >= 11 is 0. The molecule has 1 N–H and O–H groups in total. The van der Waals surface area contributed by atoms with E-state index in [9.17, 15) is 22.8 Å². The van der Waals surface area contributed by atoms with Gasteiger partial charge in [-0.1, -0.05) is 36.4 Å². The minimum atomic E-state index is -3.70. The van der Waals surface area contributed by atoms with Gasteiger partial charge >= 0.3 is 5.97 Å². The lowest BCUT2D eigenvalue weighted by atomic mass is 10.1. The molecule has 0 atom stereocenters. The van der Waals surface area contributed by atoms with Crippen LogP contribution in [0.25, 0.3) is 10.8 Å². The summed E-state index contributed by atoms with van der Waals surface area (Å²) in [6.45, 7) is 1.58. The molecule has 3 aromatic rings. The van der Waals surface area contributed by atoms with Crippen LogP contribution in [0.5, 0.6) is 0 Å². The van der Waals surface area contributed by atoms with E-state index >= 15 is 0 Å². The summed E-state index contributed by atoms with van der Waals surface area (Å²) in [5.74, 6) is -1.37. The fourth-order valence-electron chi connectivity index (χ4n) is 3.88. The minimum absolute atomic E-state index is 0.146. The average molecular weight is 496 g/mol. The summed E-state index contributed by atoms with van der Waals surface area (Å²) in [5, 5.41) is 4.37. The van der Waals surface area contributed by atoms with E-state index in [1.807, 2.05) is 24.3 Å². The van der Waals surface area contributed by atoms with E-state index in [1.165, 1.54) is 28.3 Å². The van der Waals surface area contributed by atoms with Crippen LogP contribution < -0.4 is 5.32 Å². The smallest absolute Gasteiger partial charge is 0.338 e. The van der Waals surface area contributed by atoms with Gasteiger partial charge < -0.3 is 15.0 Å². The van der Waals surface area contributed by atoms with Crippen LogP contribution in [-0.2, 0) is 24.3 Å². The molecule has 10 heteroatoms. The Balaban J connectivity index is 1.32.